The lowest BCUT2D eigenvalue weighted by molar-refractivity contribution is -0.137. The van der Waals surface area contributed by atoms with Gasteiger partial charge < -0.3 is 20.2 Å². The number of urea groups is 1. The van der Waals surface area contributed by atoms with Gasteiger partial charge in [0.25, 0.3) is 0 Å². The average Bonchev–Trinajstić information content (AvgIpc) is 2.69. The molecule has 7 nitrogen and oxygen atoms in total. The molecule has 0 spiro atoms. The largest absolute Gasteiger partial charge is 0.481 e. The molecular weight excluding hydrogens is 274 g/mol. The van der Waals surface area contributed by atoms with E-state index in [1.165, 1.54) is 0 Å². The zero-order valence-electron chi connectivity index (χ0n) is 12.2. The van der Waals surface area contributed by atoms with Gasteiger partial charge in [-0.2, -0.15) is 0 Å². The highest BCUT2D eigenvalue weighted by Crippen LogP contribution is 2.22. The summed E-state index contributed by atoms with van der Waals surface area (Å²) in [6.45, 7) is 2.85. The van der Waals surface area contributed by atoms with Crippen molar-refractivity contribution in [2.45, 2.75) is 32.1 Å². The van der Waals surface area contributed by atoms with Crippen LogP contribution in [0.4, 0.5) is 4.79 Å². The van der Waals surface area contributed by atoms with E-state index in [9.17, 15) is 14.4 Å². The van der Waals surface area contributed by atoms with Gasteiger partial charge in [0.15, 0.2) is 0 Å². The third-order valence-electron chi connectivity index (χ3n) is 4.14. The number of nitrogens with zero attached hydrogens (tertiary/aromatic N) is 2. The summed E-state index contributed by atoms with van der Waals surface area (Å²) in [7, 11) is 0. The topological polar surface area (TPSA) is 89.9 Å². The zero-order chi connectivity index (χ0) is 15.2. The maximum Gasteiger partial charge on any atom is 0.320 e. The fourth-order valence-electron chi connectivity index (χ4n) is 2.96. The Balaban J connectivity index is 1.86. The number of carbonyl (C=O) groups excluding carboxylic acids is 2. The van der Waals surface area contributed by atoms with Gasteiger partial charge >= 0.3 is 12.0 Å². The Morgan fingerprint density at radius 1 is 1.24 bits per heavy atom. The van der Waals surface area contributed by atoms with E-state index >= 15 is 0 Å². The Hall–Kier alpha value is -1.79. The number of aliphatic carboxylic acids is 1. The van der Waals surface area contributed by atoms with Crippen molar-refractivity contribution in [1.29, 1.82) is 0 Å². The molecule has 2 fully saturated rings. The predicted octanol–water partition coefficient (Wildman–Crippen LogP) is 0.505. The van der Waals surface area contributed by atoms with Crippen LogP contribution in [0.25, 0.3) is 0 Å². The second-order valence-corrected chi connectivity index (χ2v) is 5.76. The standard InChI is InChI=1S/C14H23N3O4/c18-12-5-8-16(9-6-15-12)14(21)17-7-1-2-11(10-17)3-4-13(19)20/h11H,1-10H2,(H,15,18)(H,19,20). The van der Waals surface area contributed by atoms with Crippen LogP contribution in [0.2, 0.25) is 0 Å². The van der Waals surface area contributed by atoms with Gasteiger partial charge in [-0.1, -0.05) is 0 Å². The Kier molecular flexibility index (Phi) is 5.41. The summed E-state index contributed by atoms with van der Waals surface area (Å²) in [6.07, 6.45) is 3.04. The number of likely N-dealkylation sites (tertiary alicyclic amines) is 1. The lowest BCUT2D eigenvalue weighted by atomic mass is 9.93. The molecule has 0 aliphatic carbocycles. The van der Waals surface area contributed by atoms with Crippen molar-refractivity contribution in [3.8, 4) is 0 Å². The van der Waals surface area contributed by atoms with Gasteiger partial charge in [0, 0.05) is 45.6 Å². The van der Waals surface area contributed by atoms with Crippen molar-refractivity contribution >= 4 is 17.9 Å². The van der Waals surface area contributed by atoms with E-state index in [1.54, 1.807) is 4.90 Å². The highest BCUT2D eigenvalue weighted by Gasteiger charge is 2.28. The van der Waals surface area contributed by atoms with Gasteiger partial charge in [-0.25, -0.2) is 4.79 Å². The smallest absolute Gasteiger partial charge is 0.320 e. The molecule has 0 radical (unpaired) electrons. The van der Waals surface area contributed by atoms with E-state index in [0.717, 1.165) is 19.4 Å². The highest BCUT2D eigenvalue weighted by atomic mass is 16.4. The number of nitrogens with one attached hydrogen (secondary N) is 1. The molecule has 2 N–H and O–H groups in total. The summed E-state index contributed by atoms with van der Waals surface area (Å²) >= 11 is 0. The average molecular weight is 297 g/mol. The van der Waals surface area contributed by atoms with Gasteiger partial charge in [-0.15, -0.1) is 0 Å². The number of carboxylic acid groups (broad SMARTS) is 1. The number of amides is 3. The van der Waals surface area contributed by atoms with Crippen molar-refractivity contribution in [3.63, 3.8) is 0 Å². The normalized spacial score (nSPS) is 23.4. The molecule has 2 aliphatic heterocycles. The van der Waals surface area contributed by atoms with Crippen molar-refractivity contribution in [2.24, 2.45) is 5.92 Å². The quantitative estimate of drug-likeness (QED) is 0.794. The number of rotatable bonds is 3. The van der Waals surface area contributed by atoms with Crippen LogP contribution in [-0.4, -0.2) is 65.5 Å². The van der Waals surface area contributed by atoms with Crippen LogP contribution in [0, 0.1) is 5.92 Å². The van der Waals surface area contributed by atoms with E-state index < -0.39 is 5.97 Å². The van der Waals surface area contributed by atoms with Crippen molar-refractivity contribution < 1.29 is 19.5 Å². The van der Waals surface area contributed by atoms with E-state index in [0.29, 0.717) is 39.0 Å². The Morgan fingerprint density at radius 3 is 2.81 bits per heavy atom. The molecule has 1 unspecified atom stereocenters. The molecule has 7 heteroatoms. The lowest BCUT2D eigenvalue weighted by Crippen LogP contribution is -2.48. The van der Waals surface area contributed by atoms with E-state index in [1.807, 2.05) is 4.90 Å². The molecular formula is C14H23N3O4. The summed E-state index contributed by atoms with van der Waals surface area (Å²) in [5.41, 5.74) is 0. The number of hydrogen-bond donors (Lipinski definition) is 2. The molecule has 0 saturated carbocycles. The van der Waals surface area contributed by atoms with Crippen molar-refractivity contribution in [2.75, 3.05) is 32.7 Å². The fraction of sp³-hybridized carbons (Fsp3) is 0.786. The van der Waals surface area contributed by atoms with E-state index in [4.69, 9.17) is 5.11 Å². The van der Waals surface area contributed by atoms with Gasteiger partial charge in [-0.3, -0.25) is 9.59 Å². The number of carbonyl (C=O) groups is 3. The van der Waals surface area contributed by atoms with E-state index in [-0.39, 0.29) is 24.3 Å². The number of piperidine rings is 1. The third-order valence-corrected chi connectivity index (χ3v) is 4.14. The summed E-state index contributed by atoms with van der Waals surface area (Å²) in [5.74, 6) is -0.524. The summed E-state index contributed by atoms with van der Waals surface area (Å²) in [5, 5.41) is 11.5. The minimum Gasteiger partial charge on any atom is -0.481 e. The monoisotopic (exact) mass is 297 g/mol. The molecule has 118 valence electrons. The molecule has 3 amide bonds. The summed E-state index contributed by atoms with van der Waals surface area (Å²) in [4.78, 5) is 38.0. The lowest BCUT2D eigenvalue weighted by Gasteiger charge is -2.36. The first-order valence-corrected chi connectivity index (χ1v) is 7.58. The summed E-state index contributed by atoms with van der Waals surface area (Å²) in [6, 6.07) is -0.0217. The van der Waals surface area contributed by atoms with Gasteiger partial charge in [0.1, 0.15) is 0 Å². The van der Waals surface area contributed by atoms with Crippen LogP contribution in [0.1, 0.15) is 32.1 Å². The zero-order valence-corrected chi connectivity index (χ0v) is 12.2. The molecule has 0 aromatic carbocycles. The number of hydrogen-bond acceptors (Lipinski definition) is 3. The first kappa shape index (κ1) is 15.6. The Morgan fingerprint density at radius 2 is 2.05 bits per heavy atom. The van der Waals surface area contributed by atoms with Crippen LogP contribution >= 0.6 is 0 Å². The van der Waals surface area contributed by atoms with Crippen LogP contribution in [-0.2, 0) is 9.59 Å². The molecule has 0 bridgehead atoms. The fourth-order valence-corrected chi connectivity index (χ4v) is 2.96. The minimum absolute atomic E-state index is 0.0109. The van der Waals surface area contributed by atoms with Crippen LogP contribution in [0.15, 0.2) is 0 Å². The highest BCUT2D eigenvalue weighted by molar-refractivity contribution is 5.79. The molecule has 1 atom stereocenters. The van der Waals surface area contributed by atoms with Gasteiger partial charge in [-0.05, 0) is 25.2 Å². The second kappa shape index (κ2) is 7.28. The minimum atomic E-state index is -0.782. The molecule has 2 aliphatic rings. The first-order valence-electron chi connectivity index (χ1n) is 7.58. The van der Waals surface area contributed by atoms with Gasteiger partial charge in [0.05, 0.1) is 0 Å². The van der Waals surface area contributed by atoms with Crippen LogP contribution < -0.4 is 5.32 Å². The maximum absolute atomic E-state index is 12.5. The maximum atomic E-state index is 12.5. The molecule has 21 heavy (non-hydrogen) atoms. The predicted molar refractivity (Wildman–Crippen MR) is 75.8 cm³/mol. The van der Waals surface area contributed by atoms with Gasteiger partial charge in [0.2, 0.25) is 5.91 Å². The Labute approximate surface area is 124 Å². The third kappa shape index (κ3) is 4.61. The molecule has 2 heterocycles. The second-order valence-electron chi connectivity index (χ2n) is 5.76. The SMILES string of the molecule is O=C(O)CCC1CCCN(C(=O)N2CCNC(=O)CC2)C1. The summed E-state index contributed by atoms with van der Waals surface area (Å²) < 4.78 is 0. The van der Waals surface area contributed by atoms with Crippen molar-refractivity contribution in [1.82, 2.24) is 15.1 Å². The molecule has 2 saturated heterocycles. The molecule has 2 rings (SSSR count). The number of carboxylic acids is 1. The van der Waals surface area contributed by atoms with E-state index in [2.05, 4.69) is 5.32 Å². The molecule has 0 aromatic heterocycles. The molecule has 0 aromatic rings. The van der Waals surface area contributed by atoms with Crippen molar-refractivity contribution in [3.05, 3.63) is 0 Å². The van der Waals surface area contributed by atoms with Crippen LogP contribution in [0.3, 0.4) is 0 Å². The van der Waals surface area contributed by atoms with Crippen LogP contribution in [0.5, 0.6) is 0 Å². The Bertz CT molecular complexity index is 413. The first-order chi connectivity index (χ1) is 10.1.